The molecule has 106 valence electrons. The minimum absolute atomic E-state index is 0.0694. The Labute approximate surface area is 124 Å². The van der Waals surface area contributed by atoms with Crippen LogP contribution in [0.15, 0.2) is 10.7 Å². The van der Waals surface area contributed by atoms with Crippen LogP contribution in [0.5, 0.6) is 5.88 Å². The Hall–Kier alpha value is -0.640. The second-order valence-corrected chi connectivity index (χ2v) is 7.33. The third-order valence-electron chi connectivity index (χ3n) is 3.65. The number of rotatable bonds is 2. The van der Waals surface area contributed by atoms with Gasteiger partial charge in [0.15, 0.2) is 0 Å². The number of hydrogen-bond acceptors (Lipinski definition) is 3. The first-order valence-electron chi connectivity index (χ1n) is 7.08. The molecule has 2 unspecified atom stereocenters. The minimum atomic E-state index is -0.0694. The van der Waals surface area contributed by atoms with E-state index in [0.29, 0.717) is 17.9 Å². The SMILES string of the molecule is CC1CCCCC1Oc1cc(Br)nc(C(C)(C)C)n1. The van der Waals surface area contributed by atoms with Crippen molar-refractivity contribution >= 4 is 15.9 Å². The molecule has 1 heterocycles. The van der Waals surface area contributed by atoms with Gasteiger partial charge in [-0.05, 0) is 41.1 Å². The van der Waals surface area contributed by atoms with Crippen LogP contribution in [0, 0.1) is 5.92 Å². The summed E-state index contributed by atoms with van der Waals surface area (Å²) in [7, 11) is 0. The molecular formula is C15H23BrN2O. The molecule has 4 heteroatoms. The van der Waals surface area contributed by atoms with Crippen molar-refractivity contribution in [3.8, 4) is 5.88 Å². The summed E-state index contributed by atoms with van der Waals surface area (Å²) in [5.74, 6) is 2.13. The Morgan fingerprint density at radius 1 is 1.21 bits per heavy atom. The predicted molar refractivity (Wildman–Crippen MR) is 80.5 cm³/mol. The second-order valence-electron chi connectivity index (χ2n) is 6.52. The molecule has 1 aromatic rings. The van der Waals surface area contributed by atoms with Gasteiger partial charge in [0.2, 0.25) is 5.88 Å². The highest BCUT2D eigenvalue weighted by molar-refractivity contribution is 9.10. The molecule has 0 aromatic carbocycles. The van der Waals surface area contributed by atoms with Crippen molar-refractivity contribution in [3.63, 3.8) is 0 Å². The molecule has 2 rings (SSSR count). The van der Waals surface area contributed by atoms with E-state index in [9.17, 15) is 0 Å². The quantitative estimate of drug-likeness (QED) is 0.751. The summed E-state index contributed by atoms with van der Waals surface area (Å²) < 4.78 is 6.90. The Balaban J connectivity index is 2.18. The number of halogens is 1. The van der Waals surface area contributed by atoms with Gasteiger partial charge in [-0.2, -0.15) is 4.98 Å². The zero-order valence-corrected chi connectivity index (χ0v) is 13.8. The van der Waals surface area contributed by atoms with Crippen LogP contribution < -0.4 is 4.74 Å². The number of hydrogen-bond donors (Lipinski definition) is 0. The predicted octanol–water partition coefficient (Wildman–Crippen LogP) is 4.49. The van der Waals surface area contributed by atoms with Crippen molar-refractivity contribution in [1.82, 2.24) is 9.97 Å². The first-order valence-corrected chi connectivity index (χ1v) is 7.87. The van der Waals surface area contributed by atoms with E-state index in [-0.39, 0.29) is 5.41 Å². The van der Waals surface area contributed by atoms with Gasteiger partial charge in [-0.25, -0.2) is 4.98 Å². The number of aromatic nitrogens is 2. The first kappa shape index (κ1) is 14.8. The van der Waals surface area contributed by atoms with Gasteiger partial charge in [-0.3, -0.25) is 0 Å². The third kappa shape index (κ3) is 3.91. The fraction of sp³-hybridized carbons (Fsp3) is 0.733. The van der Waals surface area contributed by atoms with Gasteiger partial charge in [-0.15, -0.1) is 0 Å². The molecule has 0 aliphatic heterocycles. The largest absolute Gasteiger partial charge is 0.474 e. The number of nitrogens with zero attached hydrogens (tertiary/aromatic N) is 2. The summed E-state index contributed by atoms with van der Waals surface area (Å²) in [5.41, 5.74) is -0.0694. The molecule has 1 aromatic heterocycles. The van der Waals surface area contributed by atoms with Crippen molar-refractivity contribution in [1.29, 1.82) is 0 Å². The zero-order valence-electron chi connectivity index (χ0n) is 12.2. The molecule has 0 spiro atoms. The lowest BCUT2D eigenvalue weighted by atomic mass is 9.88. The van der Waals surface area contributed by atoms with Gasteiger partial charge in [0.25, 0.3) is 0 Å². The van der Waals surface area contributed by atoms with Crippen LogP contribution in [0.25, 0.3) is 0 Å². The smallest absolute Gasteiger partial charge is 0.218 e. The molecule has 0 radical (unpaired) electrons. The van der Waals surface area contributed by atoms with Crippen LogP contribution in [0.1, 0.15) is 59.2 Å². The van der Waals surface area contributed by atoms with E-state index >= 15 is 0 Å². The lowest BCUT2D eigenvalue weighted by Crippen LogP contribution is -2.29. The van der Waals surface area contributed by atoms with Crippen molar-refractivity contribution < 1.29 is 4.74 Å². The Bertz CT molecular complexity index is 442. The van der Waals surface area contributed by atoms with E-state index in [1.54, 1.807) is 0 Å². The molecular weight excluding hydrogens is 304 g/mol. The van der Waals surface area contributed by atoms with Crippen molar-refractivity contribution in [2.75, 3.05) is 0 Å². The van der Waals surface area contributed by atoms with Gasteiger partial charge in [0, 0.05) is 11.5 Å². The van der Waals surface area contributed by atoms with Gasteiger partial charge >= 0.3 is 0 Å². The molecule has 19 heavy (non-hydrogen) atoms. The summed E-state index contributed by atoms with van der Waals surface area (Å²) in [4.78, 5) is 9.01. The fourth-order valence-electron chi connectivity index (χ4n) is 2.41. The first-order chi connectivity index (χ1) is 8.86. The van der Waals surface area contributed by atoms with Crippen LogP contribution >= 0.6 is 15.9 Å². The molecule has 1 aliphatic rings. The average molecular weight is 327 g/mol. The molecule has 3 nitrogen and oxygen atoms in total. The van der Waals surface area contributed by atoms with Crippen LogP contribution in [0.4, 0.5) is 0 Å². The zero-order chi connectivity index (χ0) is 14.0. The molecule has 0 saturated heterocycles. The standard InChI is InChI=1S/C15H23BrN2O/c1-10-7-5-6-8-11(10)19-13-9-12(16)17-14(18-13)15(2,3)4/h9-11H,5-8H2,1-4H3. The van der Waals surface area contributed by atoms with E-state index in [4.69, 9.17) is 4.74 Å². The maximum atomic E-state index is 6.10. The highest BCUT2D eigenvalue weighted by atomic mass is 79.9. The van der Waals surface area contributed by atoms with Crippen molar-refractivity contribution in [3.05, 3.63) is 16.5 Å². The van der Waals surface area contributed by atoms with E-state index in [0.717, 1.165) is 16.8 Å². The van der Waals surface area contributed by atoms with E-state index in [2.05, 4.69) is 53.6 Å². The Kier molecular flexibility index (Phi) is 4.49. The topological polar surface area (TPSA) is 35.0 Å². The van der Waals surface area contributed by atoms with Gasteiger partial charge in [-0.1, -0.05) is 34.1 Å². The van der Waals surface area contributed by atoms with Crippen LogP contribution in [0.2, 0.25) is 0 Å². The summed E-state index contributed by atoms with van der Waals surface area (Å²) in [5, 5.41) is 0. The van der Waals surface area contributed by atoms with Gasteiger partial charge in [0.05, 0.1) is 0 Å². The van der Waals surface area contributed by atoms with Crippen molar-refractivity contribution in [2.24, 2.45) is 5.92 Å². The molecule has 0 bridgehead atoms. The molecule has 0 N–H and O–H groups in total. The lowest BCUT2D eigenvalue weighted by molar-refractivity contribution is 0.0967. The minimum Gasteiger partial charge on any atom is -0.474 e. The third-order valence-corrected chi connectivity index (χ3v) is 4.05. The molecule has 1 aliphatic carbocycles. The fourth-order valence-corrected chi connectivity index (χ4v) is 2.77. The Morgan fingerprint density at radius 2 is 1.89 bits per heavy atom. The van der Waals surface area contributed by atoms with E-state index in [1.807, 2.05) is 6.07 Å². The monoisotopic (exact) mass is 326 g/mol. The summed E-state index contributed by atoms with van der Waals surface area (Å²) in [6.45, 7) is 8.61. The molecule has 1 saturated carbocycles. The highest BCUT2D eigenvalue weighted by Gasteiger charge is 2.25. The molecule has 0 amide bonds. The van der Waals surface area contributed by atoms with E-state index < -0.39 is 0 Å². The summed E-state index contributed by atoms with van der Waals surface area (Å²) in [6, 6.07) is 1.87. The van der Waals surface area contributed by atoms with Crippen LogP contribution in [-0.4, -0.2) is 16.1 Å². The van der Waals surface area contributed by atoms with Gasteiger partial charge in [0.1, 0.15) is 16.5 Å². The lowest BCUT2D eigenvalue weighted by Gasteiger charge is -2.29. The van der Waals surface area contributed by atoms with E-state index in [1.165, 1.54) is 19.3 Å². The second kappa shape index (κ2) is 5.78. The number of ether oxygens (including phenoxy) is 1. The Morgan fingerprint density at radius 3 is 2.53 bits per heavy atom. The normalized spacial score (nSPS) is 24.3. The molecule has 1 fully saturated rings. The van der Waals surface area contributed by atoms with Crippen LogP contribution in [0.3, 0.4) is 0 Å². The maximum absolute atomic E-state index is 6.10. The highest BCUT2D eigenvalue weighted by Crippen LogP contribution is 2.29. The van der Waals surface area contributed by atoms with Crippen LogP contribution in [-0.2, 0) is 5.41 Å². The summed E-state index contributed by atoms with van der Waals surface area (Å²) in [6.07, 6.45) is 5.26. The van der Waals surface area contributed by atoms with Gasteiger partial charge < -0.3 is 4.74 Å². The molecule has 2 atom stereocenters. The maximum Gasteiger partial charge on any atom is 0.218 e. The van der Waals surface area contributed by atoms with Crippen molar-refractivity contribution in [2.45, 2.75) is 64.9 Å². The summed E-state index contributed by atoms with van der Waals surface area (Å²) >= 11 is 3.45. The average Bonchev–Trinajstić information content (AvgIpc) is 2.30.